The standard InChI is InChI=1S/C15H21N3O4S2/c1-9(2)12(20)17-14-16-10(8-24-14)7-11(19)18-15(13(21)22)3-5-23-6-4-15/h8-9H,3-7H2,1-2H3,(H,18,19)(H,21,22)(H,16,17,20). The molecule has 2 amide bonds. The van der Waals surface area contributed by atoms with Gasteiger partial charge < -0.3 is 15.7 Å². The predicted molar refractivity (Wildman–Crippen MR) is 94.4 cm³/mol. The van der Waals surface area contributed by atoms with E-state index < -0.39 is 11.5 Å². The number of carboxylic acid groups (broad SMARTS) is 1. The van der Waals surface area contributed by atoms with Gasteiger partial charge in [0.25, 0.3) is 0 Å². The fourth-order valence-electron chi connectivity index (χ4n) is 2.28. The van der Waals surface area contributed by atoms with E-state index in [0.717, 1.165) is 0 Å². The van der Waals surface area contributed by atoms with Crippen molar-refractivity contribution in [2.45, 2.75) is 38.6 Å². The first-order chi connectivity index (χ1) is 11.3. The maximum Gasteiger partial charge on any atom is 0.329 e. The highest BCUT2D eigenvalue weighted by atomic mass is 32.2. The molecule has 24 heavy (non-hydrogen) atoms. The maximum atomic E-state index is 12.2. The summed E-state index contributed by atoms with van der Waals surface area (Å²) in [6.45, 7) is 3.57. The maximum absolute atomic E-state index is 12.2. The van der Waals surface area contributed by atoms with E-state index >= 15 is 0 Å². The molecule has 0 saturated carbocycles. The molecule has 0 atom stereocenters. The zero-order valence-corrected chi connectivity index (χ0v) is 15.3. The lowest BCUT2D eigenvalue weighted by molar-refractivity contribution is -0.148. The molecule has 0 aliphatic carbocycles. The third-order valence-corrected chi connectivity index (χ3v) is 5.57. The summed E-state index contributed by atoms with van der Waals surface area (Å²) in [6, 6.07) is 0. The fourth-order valence-corrected chi connectivity index (χ4v) is 4.19. The molecule has 1 saturated heterocycles. The third-order valence-electron chi connectivity index (χ3n) is 3.78. The summed E-state index contributed by atoms with van der Waals surface area (Å²) in [5.74, 6) is -0.204. The van der Waals surface area contributed by atoms with E-state index in [0.29, 0.717) is 35.2 Å². The Bertz CT molecular complexity index is 624. The number of aromatic nitrogens is 1. The summed E-state index contributed by atoms with van der Waals surface area (Å²) >= 11 is 2.94. The molecule has 0 radical (unpaired) electrons. The van der Waals surface area contributed by atoms with Crippen LogP contribution in [0.4, 0.5) is 5.13 Å². The van der Waals surface area contributed by atoms with Crippen molar-refractivity contribution in [1.82, 2.24) is 10.3 Å². The van der Waals surface area contributed by atoms with Crippen LogP contribution in [0.5, 0.6) is 0 Å². The highest BCUT2D eigenvalue weighted by molar-refractivity contribution is 7.99. The summed E-state index contributed by atoms with van der Waals surface area (Å²) < 4.78 is 0. The van der Waals surface area contributed by atoms with Crippen molar-refractivity contribution in [3.05, 3.63) is 11.1 Å². The van der Waals surface area contributed by atoms with Gasteiger partial charge in [-0.1, -0.05) is 13.8 Å². The zero-order valence-electron chi connectivity index (χ0n) is 13.6. The molecule has 2 heterocycles. The van der Waals surface area contributed by atoms with Gasteiger partial charge in [0.1, 0.15) is 5.54 Å². The van der Waals surface area contributed by atoms with E-state index in [9.17, 15) is 19.5 Å². The Hall–Kier alpha value is -1.61. The van der Waals surface area contributed by atoms with Gasteiger partial charge in [0, 0.05) is 11.3 Å². The molecule has 132 valence electrons. The fraction of sp³-hybridized carbons (Fsp3) is 0.600. The SMILES string of the molecule is CC(C)C(=O)Nc1nc(CC(=O)NC2(C(=O)O)CCSCC2)cs1. The molecular formula is C15H21N3O4S2. The minimum Gasteiger partial charge on any atom is -0.480 e. The van der Waals surface area contributed by atoms with Crippen LogP contribution in [-0.4, -0.2) is 44.9 Å². The molecule has 9 heteroatoms. The second-order valence-electron chi connectivity index (χ2n) is 6.01. The Morgan fingerprint density at radius 3 is 2.58 bits per heavy atom. The summed E-state index contributed by atoms with van der Waals surface area (Å²) in [7, 11) is 0. The van der Waals surface area contributed by atoms with E-state index in [1.807, 2.05) is 0 Å². The number of carbonyl (C=O) groups is 3. The van der Waals surface area contributed by atoms with Gasteiger partial charge in [0.05, 0.1) is 12.1 Å². The van der Waals surface area contributed by atoms with Crippen molar-refractivity contribution in [1.29, 1.82) is 0 Å². The van der Waals surface area contributed by atoms with E-state index in [1.165, 1.54) is 11.3 Å². The van der Waals surface area contributed by atoms with Gasteiger partial charge in [-0.25, -0.2) is 9.78 Å². The van der Waals surface area contributed by atoms with Crippen LogP contribution in [0.3, 0.4) is 0 Å². The second kappa shape index (κ2) is 7.98. The van der Waals surface area contributed by atoms with Crippen LogP contribution < -0.4 is 10.6 Å². The van der Waals surface area contributed by atoms with E-state index in [2.05, 4.69) is 15.6 Å². The average molecular weight is 371 g/mol. The number of thiazole rings is 1. The van der Waals surface area contributed by atoms with Crippen LogP contribution in [0.2, 0.25) is 0 Å². The molecule has 1 aliphatic rings. The van der Waals surface area contributed by atoms with Crippen molar-refractivity contribution in [2.75, 3.05) is 16.8 Å². The van der Waals surface area contributed by atoms with Crippen LogP contribution in [-0.2, 0) is 20.8 Å². The van der Waals surface area contributed by atoms with Gasteiger partial charge in [0.2, 0.25) is 11.8 Å². The Kier molecular flexibility index (Phi) is 6.22. The molecule has 3 N–H and O–H groups in total. The molecule has 0 aromatic carbocycles. The molecule has 1 aromatic rings. The Morgan fingerprint density at radius 1 is 1.33 bits per heavy atom. The van der Waals surface area contributed by atoms with Crippen LogP contribution in [0.25, 0.3) is 0 Å². The first kappa shape index (κ1) is 18.7. The van der Waals surface area contributed by atoms with Crippen LogP contribution >= 0.6 is 23.1 Å². The number of nitrogens with one attached hydrogen (secondary N) is 2. The molecule has 1 aromatic heterocycles. The lowest BCUT2D eigenvalue weighted by Gasteiger charge is -2.33. The lowest BCUT2D eigenvalue weighted by Crippen LogP contribution is -2.56. The number of hydrogen-bond acceptors (Lipinski definition) is 6. The topological polar surface area (TPSA) is 108 Å². The highest BCUT2D eigenvalue weighted by Crippen LogP contribution is 2.27. The van der Waals surface area contributed by atoms with Gasteiger partial charge in [-0.05, 0) is 24.3 Å². The number of carbonyl (C=O) groups excluding carboxylic acids is 2. The summed E-state index contributed by atoms with van der Waals surface area (Å²) in [5.41, 5.74) is -0.658. The molecule has 1 fully saturated rings. The van der Waals surface area contributed by atoms with Crippen molar-refractivity contribution in [2.24, 2.45) is 5.92 Å². The average Bonchev–Trinajstić information content (AvgIpc) is 2.94. The molecular weight excluding hydrogens is 350 g/mol. The van der Waals surface area contributed by atoms with Crippen molar-refractivity contribution in [3.63, 3.8) is 0 Å². The number of anilines is 1. The monoisotopic (exact) mass is 371 g/mol. The van der Waals surface area contributed by atoms with E-state index in [-0.39, 0.29) is 24.2 Å². The highest BCUT2D eigenvalue weighted by Gasteiger charge is 2.41. The van der Waals surface area contributed by atoms with Gasteiger partial charge in [-0.2, -0.15) is 11.8 Å². The molecule has 0 spiro atoms. The number of hydrogen-bond donors (Lipinski definition) is 3. The molecule has 0 bridgehead atoms. The smallest absolute Gasteiger partial charge is 0.329 e. The second-order valence-corrected chi connectivity index (χ2v) is 8.10. The largest absolute Gasteiger partial charge is 0.480 e. The summed E-state index contributed by atoms with van der Waals surface area (Å²) in [6.07, 6.45) is 0.841. The number of rotatable bonds is 6. The number of thioether (sulfide) groups is 1. The number of nitrogens with zero attached hydrogens (tertiary/aromatic N) is 1. The van der Waals surface area contributed by atoms with Crippen molar-refractivity contribution < 1.29 is 19.5 Å². The molecule has 0 unspecified atom stereocenters. The minimum atomic E-state index is -1.17. The van der Waals surface area contributed by atoms with Gasteiger partial charge in [-0.15, -0.1) is 11.3 Å². The van der Waals surface area contributed by atoms with Gasteiger partial charge >= 0.3 is 5.97 Å². The Labute approximate surface area is 148 Å². The van der Waals surface area contributed by atoms with Crippen molar-refractivity contribution in [3.8, 4) is 0 Å². The third kappa shape index (κ3) is 4.70. The normalized spacial score (nSPS) is 16.6. The zero-order chi connectivity index (χ0) is 17.7. The number of carboxylic acids is 1. The first-order valence-electron chi connectivity index (χ1n) is 7.70. The summed E-state index contributed by atoms with van der Waals surface area (Å²) in [4.78, 5) is 39.6. The number of amides is 2. The van der Waals surface area contributed by atoms with Crippen molar-refractivity contribution >= 4 is 46.0 Å². The van der Waals surface area contributed by atoms with E-state index in [4.69, 9.17) is 0 Å². The van der Waals surface area contributed by atoms with Gasteiger partial charge in [-0.3, -0.25) is 9.59 Å². The van der Waals surface area contributed by atoms with Gasteiger partial charge in [0.15, 0.2) is 5.13 Å². The molecule has 1 aliphatic heterocycles. The van der Waals surface area contributed by atoms with Crippen LogP contribution in [0, 0.1) is 5.92 Å². The summed E-state index contributed by atoms with van der Waals surface area (Å²) in [5, 5.41) is 17.0. The Balaban J connectivity index is 1.95. The number of aliphatic carboxylic acids is 1. The Morgan fingerprint density at radius 2 is 2.00 bits per heavy atom. The molecule has 2 rings (SSSR count). The first-order valence-corrected chi connectivity index (χ1v) is 9.73. The van der Waals surface area contributed by atoms with Crippen LogP contribution in [0.1, 0.15) is 32.4 Å². The molecule has 7 nitrogen and oxygen atoms in total. The predicted octanol–water partition coefficient (Wildman–Crippen LogP) is 1.75. The van der Waals surface area contributed by atoms with E-state index in [1.54, 1.807) is 31.0 Å². The minimum absolute atomic E-state index is 0.00375. The quantitative estimate of drug-likeness (QED) is 0.703. The van der Waals surface area contributed by atoms with Crippen LogP contribution in [0.15, 0.2) is 5.38 Å². The lowest BCUT2D eigenvalue weighted by atomic mass is 9.92.